The highest BCUT2D eigenvalue weighted by molar-refractivity contribution is 6.30. The number of ether oxygens (including phenoxy) is 1. The lowest BCUT2D eigenvalue weighted by Gasteiger charge is -2.36. The van der Waals surface area contributed by atoms with E-state index in [0.717, 1.165) is 17.7 Å². The maximum absolute atomic E-state index is 12.9. The Bertz CT molecular complexity index is 1120. The monoisotopic (exact) mass is 538 g/mol. The van der Waals surface area contributed by atoms with Gasteiger partial charge >= 0.3 is 12.2 Å². The molecule has 8 nitrogen and oxygen atoms in total. The summed E-state index contributed by atoms with van der Waals surface area (Å²) in [5, 5.41) is 5.12. The van der Waals surface area contributed by atoms with Crippen LogP contribution in [0.2, 0.25) is 5.02 Å². The van der Waals surface area contributed by atoms with Crippen molar-refractivity contribution in [1.29, 1.82) is 0 Å². The van der Waals surface area contributed by atoms with Gasteiger partial charge in [0.2, 0.25) is 5.91 Å². The average molecular weight is 539 g/mol. The molecule has 0 aromatic heterocycles. The first-order chi connectivity index (χ1) is 17.6. The summed E-state index contributed by atoms with van der Waals surface area (Å²) in [6.45, 7) is 2.68. The van der Waals surface area contributed by atoms with Gasteiger partial charge in [0.25, 0.3) is 5.91 Å². The van der Waals surface area contributed by atoms with E-state index in [2.05, 4.69) is 15.5 Å². The molecule has 2 aliphatic heterocycles. The van der Waals surface area contributed by atoms with Gasteiger partial charge in [-0.15, -0.1) is 0 Å². The van der Waals surface area contributed by atoms with E-state index >= 15 is 0 Å². The lowest BCUT2D eigenvalue weighted by Crippen LogP contribution is -2.51. The second-order valence-electron chi connectivity index (χ2n) is 8.95. The maximum atomic E-state index is 12.9. The van der Waals surface area contributed by atoms with Crippen LogP contribution in [0.15, 0.2) is 48.5 Å². The van der Waals surface area contributed by atoms with E-state index in [1.807, 2.05) is 12.1 Å². The van der Waals surface area contributed by atoms with Crippen LogP contribution in [0.1, 0.15) is 29.2 Å². The number of imide groups is 1. The van der Waals surface area contributed by atoms with Gasteiger partial charge in [0.05, 0.1) is 24.7 Å². The molecule has 2 heterocycles. The number of hydrogen-bond acceptors (Lipinski definition) is 5. The number of hydrogen-bond donors (Lipinski definition) is 2. The average Bonchev–Trinajstić information content (AvgIpc) is 3.18. The van der Waals surface area contributed by atoms with Crippen LogP contribution >= 0.6 is 11.6 Å². The van der Waals surface area contributed by atoms with Crippen LogP contribution in [0.3, 0.4) is 0 Å². The van der Waals surface area contributed by atoms with Gasteiger partial charge in [0.1, 0.15) is 6.04 Å². The van der Waals surface area contributed by atoms with Crippen LogP contribution in [0, 0.1) is 0 Å². The second-order valence-corrected chi connectivity index (χ2v) is 9.38. The molecule has 0 spiro atoms. The number of piperazine rings is 1. The standard InChI is InChI=1S/C25H26ClF3N4O4/c26-19-7-3-17(4-8-19)21(37-15-16-1-5-18(6-2-16)25(27,28)29)14-32-9-11-33(12-10-32)22(34)13-20-23(35)31-24(36)30-20/h1-8,20-21H,9-15H2,(H2,30,31,35,36)/t20-,21+/m0/s1. The highest BCUT2D eigenvalue weighted by Gasteiger charge is 2.34. The van der Waals surface area contributed by atoms with Gasteiger partial charge in [-0.3, -0.25) is 19.8 Å². The van der Waals surface area contributed by atoms with Crippen molar-refractivity contribution >= 4 is 29.4 Å². The van der Waals surface area contributed by atoms with Gasteiger partial charge in [0.15, 0.2) is 0 Å². The number of benzene rings is 2. The molecule has 0 saturated carbocycles. The Morgan fingerprint density at radius 2 is 1.68 bits per heavy atom. The molecule has 4 amide bonds. The molecule has 2 aromatic rings. The van der Waals surface area contributed by atoms with Crippen LogP contribution in [0.4, 0.5) is 18.0 Å². The molecule has 2 aliphatic rings. The molecule has 0 unspecified atom stereocenters. The zero-order valence-electron chi connectivity index (χ0n) is 19.8. The van der Waals surface area contributed by atoms with E-state index in [1.54, 1.807) is 17.0 Å². The number of carbonyl (C=O) groups excluding carboxylic acids is 3. The molecule has 2 aromatic carbocycles. The first-order valence-corrected chi connectivity index (χ1v) is 12.1. The Morgan fingerprint density at radius 1 is 1.03 bits per heavy atom. The summed E-state index contributed by atoms with van der Waals surface area (Å²) in [5.74, 6) is -0.720. The molecule has 37 heavy (non-hydrogen) atoms. The topological polar surface area (TPSA) is 91.0 Å². The van der Waals surface area contributed by atoms with E-state index < -0.39 is 29.7 Å². The molecular weight excluding hydrogens is 513 g/mol. The molecule has 2 N–H and O–H groups in total. The highest BCUT2D eigenvalue weighted by atomic mass is 35.5. The summed E-state index contributed by atoms with van der Waals surface area (Å²) in [7, 11) is 0. The van der Waals surface area contributed by atoms with Crippen LogP contribution in [-0.2, 0) is 27.1 Å². The molecule has 2 saturated heterocycles. The Balaban J connectivity index is 1.34. The molecular formula is C25H26ClF3N4O4. The molecule has 0 bridgehead atoms. The summed E-state index contributed by atoms with van der Waals surface area (Å²) in [5.41, 5.74) is 0.775. The van der Waals surface area contributed by atoms with Crippen molar-refractivity contribution in [2.45, 2.75) is 31.3 Å². The number of rotatable bonds is 8. The van der Waals surface area contributed by atoms with E-state index in [-0.39, 0.29) is 25.0 Å². The molecule has 12 heteroatoms. The number of carbonyl (C=O) groups is 3. The minimum atomic E-state index is -4.40. The maximum Gasteiger partial charge on any atom is 0.416 e. The summed E-state index contributed by atoms with van der Waals surface area (Å²) >= 11 is 6.03. The Labute approximate surface area is 216 Å². The normalized spacial score (nSPS) is 19.5. The van der Waals surface area contributed by atoms with Gasteiger partial charge in [-0.25, -0.2) is 4.79 Å². The van der Waals surface area contributed by atoms with Crippen molar-refractivity contribution in [1.82, 2.24) is 20.4 Å². The lowest BCUT2D eigenvalue weighted by molar-refractivity contribution is -0.137. The van der Waals surface area contributed by atoms with Crippen LogP contribution in [0.25, 0.3) is 0 Å². The first-order valence-electron chi connectivity index (χ1n) is 11.7. The lowest BCUT2D eigenvalue weighted by atomic mass is 10.1. The van der Waals surface area contributed by atoms with Gasteiger partial charge in [-0.1, -0.05) is 35.9 Å². The second kappa shape index (κ2) is 11.5. The number of alkyl halides is 3. The highest BCUT2D eigenvalue weighted by Crippen LogP contribution is 2.30. The van der Waals surface area contributed by atoms with Crippen molar-refractivity contribution in [3.8, 4) is 0 Å². The van der Waals surface area contributed by atoms with E-state index in [1.165, 1.54) is 12.1 Å². The van der Waals surface area contributed by atoms with Crippen LogP contribution in [0.5, 0.6) is 0 Å². The smallest absolute Gasteiger partial charge is 0.368 e. The fraction of sp³-hybridized carbons (Fsp3) is 0.400. The molecule has 198 valence electrons. The van der Waals surface area contributed by atoms with Crippen molar-refractivity contribution in [3.63, 3.8) is 0 Å². The predicted octanol–water partition coefficient (Wildman–Crippen LogP) is 3.36. The fourth-order valence-electron chi connectivity index (χ4n) is 4.24. The first kappa shape index (κ1) is 26.9. The zero-order valence-corrected chi connectivity index (χ0v) is 20.5. The summed E-state index contributed by atoms with van der Waals surface area (Å²) in [6, 6.07) is 10.6. The zero-order chi connectivity index (χ0) is 26.6. The minimum absolute atomic E-state index is 0.0960. The molecule has 4 rings (SSSR count). The van der Waals surface area contributed by atoms with E-state index in [0.29, 0.717) is 43.3 Å². The van der Waals surface area contributed by atoms with Crippen LogP contribution < -0.4 is 10.6 Å². The molecule has 2 atom stereocenters. The van der Waals surface area contributed by atoms with Crippen molar-refractivity contribution in [2.24, 2.45) is 0 Å². The Morgan fingerprint density at radius 3 is 2.24 bits per heavy atom. The third-order valence-corrected chi connectivity index (χ3v) is 6.61. The number of amides is 4. The quantitative estimate of drug-likeness (QED) is 0.503. The van der Waals surface area contributed by atoms with Crippen molar-refractivity contribution in [2.75, 3.05) is 32.7 Å². The van der Waals surface area contributed by atoms with Gasteiger partial charge in [-0.2, -0.15) is 13.2 Å². The predicted molar refractivity (Wildman–Crippen MR) is 129 cm³/mol. The van der Waals surface area contributed by atoms with Crippen LogP contribution in [-0.4, -0.2) is 66.4 Å². The SMILES string of the molecule is O=C1NC(=O)[C@H](CC(=O)N2CCN(C[C@@H](OCc3ccc(C(F)(F)F)cc3)c3ccc(Cl)cc3)CC2)N1. The van der Waals surface area contributed by atoms with Crippen molar-refractivity contribution in [3.05, 3.63) is 70.2 Å². The Kier molecular flexibility index (Phi) is 8.35. The van der Waals surface area contributed by atoms with E-state index in [4.69, 9.17) is 16.3 Å². The Hall–Kier alpha value is -3.15. The molecule has 0 radical (unpaired) electrons. The summed E-state index contributed by atoms with van der Waals surface area (Å²) in [6.07, 6.45) is -4.87. The summed E-state index contributed by atoms with van der Waals surface area (Å²) in [4.78, 5) is 39.4. The van der Waals surface area contributed by atoms with Crippen molar-refractivity contribution < 1.29 is 32.3 Å². The van der Waals surface area contributed by atoms with Gasteiger partial charge in [-0.05, 0) is 35.4 Å². The third kappa shape index (κ3) is 7.21. The number of nitrogens with one attached hydrogen (secondary N) is 2. The minimum Gasteiger partial charge on any atom is -0.368 e. The largest absolute Gasteiger partial charge is 0.416 e. The van der Waals surface area contributed by atoms with Gasteiger partial charge < -0.3 is 15.0 Å². The third-order valence-electron chi connectivity index (χ3n) is 6.36. The number of halogens is 4. The molecule has 2 fully saturated rings. The van der Waals surface area contributed by atoms with E-state index in [9.17, 15) is 27.6 Å². The summed E-state index contributed by atoms with van der Waals surface area (Å²) < 4.78 is 44.7. The number of urea groups is 1. The fourth-order valence-corrected chi connectivity index (χ4v) is 4.37. The number of nitrogens with zero attached hydrogens (tertiary/aromatic N) is 2. The van der Waals surface area contributed by atoms with Gasteiger partial charge in [0, 0.05) is 37.7 Å². The molecule has 0 aliphatic carbocycles.